The predicted octanol–water partition coefficient (Wildman–Crippen LogP) is 2.57. The van der Waals surface area contributed by atoms with Gasteiger partial charge in [-0.05, 0) is 17.5 Å². The molecular weight excluding hydrogens is 238 g/mol. The molecule has 2 heterocycles. The number of pyridine rings is 1. The molecule has 4 nitrogen and oxygen atoms in total. The second-order valence-corrected chi connectivity index (χ2v) is 5.29. The van der Waals surface area contributed by atoms with Crippen molar-refractivity contribution < 1.29 is 4.74 Å². The minimum atomic E-state index is 0.262. The lowest BCUT2D eigenvalue weighted by atomic mass is 9.87. The van der Waals surface area contributed by atoms with E-state index in [2.05, 4.69) is 35.9 Å². The Morgan fingerprint density at radius 2 is 2.11 bits per heavy atom. The van der Waals surface area contributed by atoms with E-state index in [-0.39, 0.29) is 5.92 Å². The third-order valence-corrected chi connectivity index (χ3v) is 3.67. The Labute approximate surface area is 115 Å². The molecule has 0 radical (unpaired) electrons. The summed E-state index contributed by atoms with van der Waals surface area (Å²) in [4.78, 5) is 6.65. The lowest BCUT2D eigenvalue weighted by Gasteiger charge is -2.29. The van der Waals surface area contributed by atoms with E-state index in [0.717, 1.165) is 32.0 Å². The van der Waals surface area contributed by atoms with Gasteiger partial charge in [-0.1, -0.05) is 13.8 Å². The number of anilines is 1. The number of aromatic nitrogens is 1. The van der Waals surface area contributed by atoms with Gasteiger partial charge in [0.2, 0.25) is 0 Å². The second kappa shape index (κ2) is 6.53. The number of rotatable bonds is 4. The molecule has 1 unspecified atom stereocenters. The normalized spacial score (nSPS) is 17.3. The van der Waals surface area contributed by atoms with Crippen molar-refractivity contribution in [2.45, 2.75) is 26.2 Å². The first kappa shape index (κ1) is 13.8. The molecule has 1 aromatic heterocycles. The first-order valence-electron chi connectivity index (χ1n) is 6.87. The number of nitriles is 1. The fraction of sp³-hybridized carbons (Fsp3) is 0.600. The molecule has 1 saturated heterocycles. The van der Waals surface area contributed by atoms with Gasteiger partial charge in [-0.2, -0.15) is 5.26 Å². The highest BCUT2D eigenvalue weighted by Gasteiger charge is 2.18. The van der Waals surface area contributed by atoms with Crippen LogP contribution in [0.1, 0.15) is 31.7 Å². The first-order chi connectivity index (χ1) is 9.22. The molecule has 0 N–H and O–H groups in total. The minimum absolute atomic E-state index is 0.262. The number of hydrogen-bond donors (Lipinski definition) is 0. The summed E-state index contributed by atoms with van der Waals surface area (Å²) in [6.07, 6.45) is 4.34. The van der Waals surface area contributed by atoms with Gasteiger partial charge < -0.3 is 9.64 Å². The number of hydrogen-bond acceptors (Lipinski definition) is 4. The third kappa shape index (κ3) is 3.45. The van der Waals surface area contributed by atoms with Gasteiger partial charge in [-0.15, -0.1) is 0 Å². The van der Waals surface area contributed by atoms with E-state index in [1.165, 1.54) is 5.56 Å². The van der Waals surface area contributed by atoms with Crippen molar-refractivity contribution in [2.75, 3.05) is 31.2 Å². The fourth-order valence-electron chi connectivity index (χ4n) is 2.48. The van der Waals surface area contributed by atoms with E-state index in [9.17, 15) is 0 Å². The van der Waals surface area contributed by atoms with Crippen molar-refractivity contribution in [3.8, 4) is 6.07 Å². The zero-order valence-corrected chi connectivity index (χ0v) is 11.7. The predicted molar refractivity (Wildman–Crippen MR) is 75.1 cm³/mol. The molecule has 0 spiro atoms. The Balaban J connectivity index is 2.20. The molecule has 1 aliphatic heterocycles. The maximum atomic E-state index is 8.97. The van der Waals surface area contributed by atoms with Crippen molar-refractivity contribution >= 4 is 5.69 Å². The molecular formula is C15H21N3O. The highest BCUT2D eigenvalue weighted by atomic mass is 16.5. The van der Waals surface area contributed by atoms with E-state index in [0.29, 0.717) is 12.3 Å². The van der Waals surface area contributed by atoms with Crippen molar-refractivity contribution in [1.29, 1.82) is 5.26 Å². The average molecular weight is 259 g/mol. The Hall–Kier alpha value is -1.60. The van der Waals surface area contributed by atoms with Crippen LogP contribution >= 0.6 is 0 Å². The first-order valence-corrected chi connectivity index (χ1v) is 6.87. The summed E-state index contributed by atoms with van der Waals surface area (Å²) in [5.74, 6) is 0.708. The lowest BCUT2D eigenvalue weighted by molar-refractivity contribution is 0.122. The Morgan fingerprint density at radius 3 is 2.74 bits per heavy atom. The van der Waals surface area contributed by atoms with Gasteiger partial charge in [0.1, 0.15) is 0 Å². The van der Waals surface area contributed by atoms with Gasteiger partial charge in [0.05, 0.1) is 31.2 Å². The monoisotopic (exact) mass is 259 g/mol. The second-order valence-electron chi connectivity index (χ2n) is 5.29. The van der Waals surface area contributed by atoms with Crippen LogP contribution in [-0.2, 0) is 4.74 Å². The minimum Gasteiger partial charge on any atom is -0.378 e. The van der Waals surface area contributed by atoms with Gasteiger partial charge in [-0.3, -0.25) is 4.98 Å². The molecule has 19 heavy (non-hydrogen) atoms. The van der Waals surface area contributed by atoms with E-state index in [4.69, 9.17) is 10.00 Å². The molecule has 0 saturated carbocycles. The summed E-state index contributed by atoms with van der Waals surface area (Å²) >= 11 is 0. The summed E-state index contributed by atoms with van der Waals surface area (Å²) in [6.45, 7) is 7.68. The van der Waals surface area contributed by atoms with Gasteiger partial charge in [0, 0.05) is 31.6 Å². The molecule has 4 heteroatoms. The molecule has 102 valence electrons. The largest absolute Gasteiger partial charge is 0.378 e. The topological polar surface area (TPSA) is 49.2 Å². The molecule has 0 amide bonds. The molecule has 0 aliphatic carbocycles. The maximum absolute atomic E-state index is 8.97. The van der Waals surface area contributed by atoms with Crippen LogP contribution in [0.4, 0.5) is 5.69 Å². The maximum Gasteiger partial charge on any atom is 0.0642 e. The van der Waals surface area contributed by atoms with Crippen LogP contribution < -0.4 is 4.90 Å². The standard InChI is InChI=1S/C15H21N3O/c1-12(2)15(3-4-16)13-9-14(11-17-10-13)18-5-7-19-8-6-18/h9-12,15H,3,5-8H2,1-2H3. The van der Waals surface area contributed by atoms with E-state index >= 15 is 0 Å². The Bertz CT molecular complexity index is 447. The van der Waals surface area contributed by atoms with Crippen molar-refractivity contribution in [3.63, 3.8) is 0 Å². The van der Waals surface area contributed by atoms with Gasteiger partial charge in [0.25, 0.3) is 0 Å². The van der Waals surface area contributed by atoms with Crippen LogP contribution in [0.3, 0.4) is 0 Å². The van der Waals surface area contributed by atoms with Crippen LogP contribution in [-0.4, -0.2) is 31.3 Å². The molecule has 1 aromatic rings. The summed E-state index contributed by atoms with van der Waals surface area (Å²) < 4.78 is 5.37. The zero-order chi connectivity index (χ0) is 13.7. The molecule has 2 rings (SSSR count). The van der Waals surface area contributed by atoms with Crippen LogP contribution in [0, 0.1) is 17.2 Å². The van der Waals surface area contributed by atoms with Crippen LogP contribution in [0.15, 0.2) is 18.5 Å². The fourth-order valence-corrected chi connectivity index (χ4v) is 2.48. The molecule has 1 aliphatic rings. The van der Waals surface area contributed by atoms with Crippen LogP contribution in [0.5, 0.6) is 0 Å². The average Bonchev–Trinajstić information content (AvgIpc) is 2.45. The van der Waals surface area contributed by atoms with Gasteiger partial charge in [-0.25, -0.2) is 0 Å². The Morgan fingerprint density at radius 1 is 1.37 bits per heavy atom. The quantitative estimate of drug-likeness (QED) is 0.834. The number of ether oxygens (including phenoxy) is 1. The van der Waals surface area contributed by atoms with Crippen molar-refractivity contribution in [1.82, 2.24) is 4.98 Å². The van der Waals surface area contributed by atoms with Crippen molar-refractivity contribution in [3.05, 3.63) is 24.0 Å². The van der Waals surface area contributed by atoms with E-state index in [1.54, 1.807) is 0 Å². The van der Waals surface area contributed by atoms with Crippen LogP contribution in [0.2, 0.25) is 0 Å². The molecule has 0 bridgehead atoms. The van der Waals surface area contributed by atoms with E-state index in [1.807, 2.05) is 12.4 Å². The molecule has 1 fully saturated rings. The summed E-state index contributed by atoms with van der Waals surface area (Å²) in [7, 11) is 0. The highest BCUT2D eigenvalue weighted by Crippen LogP contribution is 2.29. The smallest absolute Gasteiger partial charge is 0.0642 e. The Kier molecular flexibility index (Phi) is 4.75. The summed E-state index contributed by atoms with van der Waals surface area (Å²) in [5, 5.41) is 8.97. The molecule has 0 aromatic carbocycles. The molecule has 1 atom stereocenters. The summed E-state index contributed by atoms with van der Waals surface area (Å²) in [6, 6.07) is 4.47. The van der Waals surface area contributed by atoms with E-state index < -0.39 is 0 Å². The SMILES string of the molecule is CC(C)C(CC#N)c1cncc(N2CCOCC2)c1. The highest BCUT2D eigenvalue weighted by molar-refractivity contribution is 5.47. The zero-order valence-electron chi connectivity index (χ0n) is 11.7. The number of morpholine rings is 1. The van der Waals surface area contributed by atoms with Crippen molar-refractivity contribution in [2.24, 2.45) is 5.92 Å². The van der Waals surface area contributed by atoms with Crippen LogP contribution in [0.25, 0.3) is 0 Å². The third-order valence-electron chi connectivity index (χ3n) is 3.67. The lowest BCUT2D eigenvalue weighted by Crippen LogP contribution is -2.36. The van der Waals surface area contributed by atoms with Gasteiger partial charge in [0.15, 0.2) is 0 Å². The number of nitrogens with zero attached hydrogens (tertiary/aromatic N) is 3. The van der Waals surface area contributed by atoms with Gasteiger partial charge >= 0.3 is 0 Å². The summed E-state index contributed by atoms with van der Waals surface area (Å²) in [5.41, 5.74) is 2.31.